The highest BCUT2D eigenvalue weighted by Crippen LogP contribution is 2.23. The highest BCUT2D eigenvalue weighted by atomic mass is 32.1. The molecule has 0 fully saturated rings. The van der Waals surface area contributed by atoms with Gasteiger partial charge >= 0.3 is 0 Å². The van der Waals surface area contributed by atoms with Crippen LogP contribution in [0.3, 0.4) is 0 Å². The predicted octanol–water partition coefficient (Wildman–Crippen LogP) is 4.18. The van der Waals surface area contributed by atoms with Crippen LogP contribution < -0.4 is 15.5 Å². The van der Waals surface area contributed by atoms with Crippen molar-refractivity contribution in [2.24, 2.45) is 0 Å². The number of carbonyl (C=O) groups excluding carboxylic acids is 1. The number of thiocarbonyl (C=S) groups is 1. The number of rotatable bonds is 6. The Balaban J connectivity index is 2.11. The van der Waals surface area contributed by atoms with E-state index in [0.717, 1.165) is 30.0 Å². The molecule has 148 valence electrons. The minimum Gasteiger partial charge on any atom is -0.372 e. The fourth-order valence-corrected chi connectivity index (χ4v) is 3.17. The van der Waals surface area contributed by atoms with Gasteiger partial charge in [-0.1, -0.05) is 6.07 Å². The van der Waals surface area contributed by atoms with Gasteiger partial charge in [-0.25, -0.2) is 0 Å². The SMILES string of the molecule is CCN(CC)c1ccc(NC(=S)NC(=O)c2cccc([N+](=O)[O-])c2C)c(C)c1. The van der Waals surface area contributed by atoms with Gasteiger partial charge in [0.25, 0.3) is 11.6 Å². The molecule has 0 saturated heterocycles. The van der Waals surface area contributed by atoms with Crippen molar-refractivity contribution >= 4 is 40.3 Å². The van der Waals surface area contributed by atoms with E-state index in [1.165, 1.54) is 18.2 Å². The monoisotopic (exact) mass is 400 g/mol. The first-order valence-corrected chi connectivity index (χ1v) is 9.41. The van der Waals surface area contributed by atoms with Gasteiger partial charge < -0.3 is 10.2 Å². The molecule has 0 saturated carbocycles. The molecular formula is C20H24N4O3S. The highest BCUT2D eigenvalue weighted by Gasteiger charge is 2.18. The van der Waals surface area contributed by atoms with E-state index in [9.17, 15) is 14.9 Å². The second kappa shape index (κ2) is 9.27. The third-order valence-electron chi connectivity index (χ3n) is 4.56. The first kappa shape index (κ1) is 21.3. The zero-order chi connectivity index (χ0) is 20.8. The molecule has 1 amide bonds. The third kappa shape index (κ3) is 4.83. The van der Waals surface area contributed by atoms with Crippen molar-refractivity contribution in [3.8, 4) is 0 Å². The number of amides is 1. The fourth-order valence-electron chi connectivity index (χ4n) is 2.96. The van der Waals surface area contributed by atoms with Crippen molar-refractivity contribution in [2.75, 3.05) is 23.3 Å². The zero-order valence-electron chi connectivity index (χ0n) is 16.4. The average molecular weight is 401 g/mol. The summed E-state index contributed by atoms with van der Waals surface area (Å²) in [4.78, 5) is 25.3. The van der Waals surface area contributed by atoms with E-state index in [-0.39, 0.29) is 16.4 Å². The van der Waals surface area contributed by atoms with Crippen LogP contribution in [0.1, 0.15) is 35.3 Å². The van der Waals surface area contributed by atoms with Gasteiger partial charge in [0.05, 0.1) is 4.92 Å². The smallest absolute Gasteiger partial charge is 0.273 e. The van der Waals surface area contributed by atoms with Crippen LogP contribution >= 0.6 is 12.2 Å². The number of hydrogen-bond donors (Lipinski definition) is 2. The van der Waals surface area contributed by atoms with Crippen LogP contribution in [0, 0.1) is 24.0 Å². The van der Waals surface area contributed by atoms with Crippen LogP contribution in [-0.2, 0) is 0 Å². The summed E-state index contributed by atoms with van der Waals surface area (Å²) >= 11 is 5.24. The molecule has 0 aliphatic carbocycles. The highest BCUT2D eigenvalue weighted by molar-refractivity contribution is 7.80. The van der Waals surface area contributed by atoms with E-state index in [4.69, 9.17) is 12.2 Å². The Kier molecular flexibility index (Phi) is 7.06. The molecule has 7 nitrogen and oxygen atoms in total. The Morgan fingerprint density at radius 3 is 2.43 bits per heavy atom. The van der Waals surface area contributed by atoms with Crippen molar-refractivity contribution in [1.29, 1.82) is 0 Å². The van der Waals surface area contributed by atoms with Gasteiger partial charge in [0.1, 0.15) is 0 Å². The number of nitrogens with zero attached hydrogens (tertiary/aromatic N) is 2. The number of carbonyl (C=O) groups is 1. The number of nitrogens with one attached hydrogen (secondary N) is 2. The molecule has 2 aromatic rings. The molecule has 8 heteroatoms. The zero-order valence-corrected chi connectivity index (χ0v) is 17.2. The van der Waals surface area contributed by atoms with E-state index >= 15 is 0 Å². The number of nitro benzene ring substituents is 1. The first-order valence-electron chi connectivity index (χ1n) is 9.00. The molecular weight excluding hydrogens is 376 g/mol. The van der Waals surface area contributed by atoms with Gasteiger partial charge in [0, 0.05) is 41.7 Å². The molecule has 0 aliphatic heterocycles. The quantitative estimate of drug-likeness (QED) is 0.430. The van der Waals surface area contributed by atoms with Gasteiger partial charge in [-0.2, -0.15) is 0 Å². The van der Waals surface area contributed by atoms with Crippen LogP contribution in [-0.4, -0.2) is 29.0 Å². The van der Waals surface area contributed by atoms with Gasteiger partial charge in [0.2, 0.25) is 0 Å². The Morgan fingerprint density at radius 1 is 1.18 bits per heavy atom. The summed E-state index contributed by atoms with van der Waals surface area (Å²) < 4.78 is 0. The van der Waals surface area contributed by atoms with Crippen molar-refractivity contribution in [3.63, 3.8) is 0 Å². The standard InChI is InChI=1S/C20H24N4O3S/c1-5-23(6-2)15-10-11-17(13(3)12-15)21-20(28)22-19(25)16-8-7-9-18(14(16)4)24(26)27/h7-12H,5-6H2,1-4H3,(H2,21,22,25,28). The average Bonchev–Trinajstić information content (AvgIpc) is 2.64. The van der Waals surface area contributed by atoms with E-state index in [0.29, 0.717) is 5.56 Å². The van der Waals surface area contributed by atoms with E-state index in [2.05, 4.69) is 35.4 Å². The summed E-state index contributed by atoms with van der Waals surface area (Å²) in [7, 11) is 0. The largest absolute Gasteiger partial charge is 0.372 e. The number of benzene rings is 2. The lowest BCUT2D eigenvalue weighted by Crippen LogP contribution is -2.34. The lowest BCUT2D eigenvalue weighted by molar-refractivity contribution is -0.385. The predicted molar refractivity (Wildman–Crippen MR) is 116 cm³/mol. The number of anilines is 2. The van der Waals surface area contributed by atoms with E-state index < -0.39 is 10.8 Å². The van der Waals surface area contributed by atoms with Crippen LogP contribution in [0.25, 0.3) is 0 Å². The summed E-state index contributed by atoms with van der Waals surface area (Å²) in [5.74, 6) is -0.490. The molecule has 0 unspecified atom stereocenters. The molecule has 0 aliphatic rings. The van der Waals surface area contributed by atoms with Crippen LogP contribution in [0.5, 0.6) is 0 Å². The van der Waals surface area contributed by atoms with Crippen LogP contribution in [0.4, 0.5) is 17.1 Å². The van der Waals surface area contributed by atoms with Gasteiger partial charge in [0.15, 0.2) is 5.11 Å². The summed E-state index contributed by atoms with van der Waals surface area (Å²) in [5, 5.41) is 16.8. The molecule has 0 atom stereocenters. The normalized spacial score (nSPS) is 10.3. The Bertz CT molecular complexity index is 910. The number of nitro groups is 1. The third-order valence-corrected chi connectivity index (χ3v) is 4.76. The van der Waals surface area contributed by atoms with Crippen molar-refractivity contribution in [3.05, 3.63) is 63.2 Å². The lowest BCUT2D eigenvalue weighted by Gasteiger charge is -2.22. The second-order valence-electron chi connectivity index (χ2n) is 6.29. The first-order chi connectivity index (χ1) is 13.3. The summed E-state index contributed by atoms with van der Waals surface area (Å²) in [5.41, 5.74) is 3.31. The minimum atomic E-state index is -0.510. The molecule has 0 heterocycles. The topological polar surface area (TPSA) is 87.5 Å². The molecule has 0 radical (unpaired) electrons. The molecule has 0 spiro atoms. The summed E-state index contributed by atoms with van der Waals surface area (Å²) in [6, 6.07) is 10.3. The van der Waals surface area contributed by atoms with Crippen molar-refractivity contribution in [2.45, 2.75) is 27.7 Å². The van der Waals surface area contributed by atoms with E-state index in [1.54, 1.807) is 6.92 Å². The maximum atomic E-state index is 12.5. The molecule has 28 heavy (non-hydrogen) atoms. The molecule has 2 aromatic carbocycles. The second-order valence-corrected chi connectivity index (χ2v) is 6.69. The Morgan fingerprint density at radius 2 is 1.86 bits per heavy atom. The number of hydrogen-bond acceptors (Lipinski definition) is 5. The van der Waals surface area contributed by atoms with E-state index in [1.807, 2.05) is 19.1 Å². The van der Waals surface area contributed by atoms with Gasteiger partial charge in [-0.15, -0.1) is 0 Å². The molecule has 2 N–H and O–H groups in total. The maximum absolute atomic E-state index is 12.5. The summed E-state index contributed by atoms with van der Waals surface area (Å²) in [6.45, 7) is 9.54. The van der Waals surface area contributed by atoms with Crippen molar-refractivity contribution in [1.82, 2.24) is 5.32 Å². The summed E-state index contributed by atoms with van der Waals surface area (Å²) in [6.07, 6.45) is 0. The Labute approximate surface area is 169 Å². The molecule has 2 rings (SSSR count). The molecule has 0 aromatic heterocycles. The van der Waals surface area contributed by atoms with Gasteiger partial charge in [-0.05, 0) is 69.7 Å². The molecule has 0 bridgehead atoms. The fraction of sp³-hybridized carbons (Fsp3) is 0.300. The lowest BCUT2D eigenvalue weighted by atomic mass is 10.1. The van der Waals surface area contributed by atoms with Crippen LogP contribution in [0.15, 0.2) is 36.4 Å². The van der Waals surface area contributed by atoms with Gasteiger partial charge in [-0.3, -0.25) is 20.2 Å². The van der Waals surface area contributed by atoms with Crippen LogP contribution in [0.2, 0.25) is 0 Å². The minimum absolute atomic E-state index is 0.102. The number of aryl methyl sites for hydroxylation is 1. The van der Waals surface area contributed by atoms with Crippen molar-refractivity contribution < 1.29 is 9.72 Å². The maximum Gasteiger partial charge on any atom is 0.273 e. The Hall–Kier alpha value is -3.00.